The molecule has 1 aromatic carbocycles. The predicted molar refractivity (Wildman–Crippen MR) is 85.4 cm³/mol. The number of hydrogen-bond donors (Lipinski definition) is 0. The number of likely N-dealkylation sites (tertiary alicyclic amines) is 1. The van der Waals surface area contributed by atoms with Crippen LogP contribution in [0.5, 0.6) is 0 Å². The second-order valence-corrected chi connectivity index (χ2v) is 6.16. The third-order valence-corrected chi connectivity index (χ3v) is 4.18. The van der Waals surface area contributed by atoms with Crippen molar-refractivity contribution in [2.75, 3.05) is 6.54 Å². The minimum Gasteiger partial charge on any atom is -0.442 e. The molecular weight excluding hydrogens is 276 g/mol. The minimum atomic E-state index is -0.0209. The minimum absolute atomic E-state index is 0.0209. The van der Waals surface area contributed by atoms with Crippen molar-refractivity contribution in [1.82, 2.24) is 9.88 Å². The summed E-state index contributed by atoms with van der Waals surface area (Å²) < 4.78 is 6.09. The molecule has 1 aromatic heterocycles. The van der Waals surface area contributed by atoms with Crippen molar-refractivity contribution in [2.45, 2.75) is 45.6 Å². The average Bonchev–Trinajstić information content (AvgIpc) is 3.14. The molecule has 0 aliphatic carbocycles. The topological polar surface area (TPSA) is 46.3 Å². The molecule has 1 saturated heterocycles. The van der Waals surface area contributed by atoms with Gasteiger partial charge in [-0.15, -0.1) is 0 Å². The standard InChI is InChI=1S/C18H22N2O2/c1-12(2)17-16(14-8-5-4-6-9-14)19-18(22-17)15-10-7-11-20(15)13(3)21/h4-6,8-9,12,15H,7,10-11H2,1-3H3/t15-/m1/s1. The molecule has 0 radical (unpaired) electrons. The molecule has 4 heteroatoms. The average molecular weight is 298 g/mol. The zero-order valence-electron chi connectivity index (χ0n) is 13.4. The molecule has 1 aliphatic heterocycles. The van der Waals surface area contributed by atoms with E-state index in [0.29, 0.717) is 5.89 Å². The van der Waals surface area contributed by atoms with Gasteiger partial charge in [0, 0.05) is 24.9 Å². The van der Waals surface area contributed by atoms with Gasteiger partial charge < -0.3 is 9.32 Å². The van der Waals surface area contributed by atoms with Crippen molar-refractivity contribution in [2.24, 2.45) is 0 Å². The molecule has 1 amide bonds. The lowest BCUT2D eigenvalue weighted by Crippen LogP contribution is -2.28. The van der Waals surface area contributed by atoms with E-state index in [1.165, 1.54) is 0 Å². The number of rotatable bonds is 3. The highest BCUT2D eigenvalue weighted by atomic mass is 16.4. The van der Waals surface area contributed by atoms with E-state index in [4.69, 9.17) is 9.40 Å². The molecule has 0 saturated carbocycles. The maximum atomic E-state index is 11.8. The fourth-order valence-electron chi connectivity index (χ4n) is 3.09. The quantitative estimate of drug-likeness (QED) is 0.855. The van der Waals surface area contributed by atoms with Crippen molar-refractivity contribution >= 4 is 5.91 Å². The Bertz CT molecular complexity index is 661. The number of carbonyl (C=O) groups excluding carboxylic acids is 1. The van der Waals surface area contributed by atoms with Gasteiger partial charge in [-0.1, -0.05) is 44.2 Å². The molecule has 0 bridgehead atoms. The van der Waals surface area contributed by atoms with Crippen molar-refractivity contribution in [1.29, 1.82) is 0 Å². The summed E-state index contributed by atoms with van der Waals surface area (Å²) in [6.07, 6.45) is 1.93. The van der Waals surface area contributed by atoms with Gasteiger partial charge in [0.1, 0.15) is 17.5 Å². The zero-order chi connectivity index (χ0) is 15.7. The molecule has 116 valence electrons. The van der Waals surface area contributed by atoms with Crippen LogP contribution in [0.15, 0.2) is 34.7 Å². The molecule has 0 spiro atoms. The molecule has 1 atom stereocenters. The smallest absolute Gasteiger partial charge is 0.220 e. The van der Waals surface area contributed by atoms with Crippen LogP contribution in [0, 0.1) is 0 Å². The number of benzene rings is 1. The lowest BCUT2D eigenvalue weighted by molar-refractivity contribution is -0.130. The van der Waals surface area contributed by atoms with E-state index in [-0.39, 0.29) is 17.9 Å². The molecule has 0 N–H and O–H groups in total. The van der Waals surface area contributed by atoms with E-state index in [2.05, 4.69) is 13.8 Å². The Balaban J connectivity index is 2.02. The molecule has 4 nitrogen and oxygen atoms in total. The molecule has 3 rings (SSSR count). The van der Waals surface area contributed by atoms with Gasteiger partial charge in [0.2, 0.25) is 11.8 Å². The summed E-state index contributed by atoms with van der Waals surface area (Å²) in [6, 6.07) is 10.1. The number of hydrogen-bond acceptors (Lipinski definition) is 3. The molecule has 2 aromatic rings. The highest BCUT2D eigenvalue weighted by molar-refractivity contribution is 5.74. The number of amides is 1. The van der Waals surface area contributed by atoms with Crippen LogP contribution in [0.25, 0.3) is 11.3 Å². The number of carbonyl (C=O) groups is 1. The van der Waals surface area contributed by atoms with Gasteiger partial charge in [-0.2, -0.15) is 0 Å². The van der Waals surface area contributed by atoms with E-state index < -0.39 is 0 Å². The van der Waals surface area contributed by atoms with Gasteiger partial charge in [-0.3, -0.25) is 4.79 Å². The van der Waals surface area contributed by atoms with Crippen LogP contribution >= 0.6 is 0 Å². The second-order valence-electron chi connectivity index (χ2n) is 6.16. The summed E-state index contributed by atoms with van der Waals surface area (Å²) in [4.78, 5) is 18.4. The molecular formula is C18H22N2O2. The zero-order valence-corrected chi connectivity index (χ0v) is 13.4. The maximum Gasteiger partial charge on any atom is 0.220 e. The van der Waals surface area contributed by atoms with Crippen LogP contribution in [0.1, 0.15) is 57.2 Å². The number of aromatic nitrogens is 1. The van der Waals surface area contributed by atoms with Gasteiger partial charge in [0.15, 0.2) is 0 Å². The highest BCUT2D eigenvalue weighted by Gasteiger charge is 2.33. The largest absolute Gasteiger partial charge is 0.442 e. The van der Waals surface area contributed by atoms with Crippen molar-refractivity contribution in [3.8, 4) is 11.3 Å². The lowest BCUT2D eigenvalue weighted by atomic mass is 10.0. The SMILES string of the molecule is CC(=O)N1CCC[C@@H]1c1nc(-c2ccccc2)c(C(C)C)o1. The monoisotopic (exact) mass is 298 g/mol. The maximum absolute atomic E-state index is 11.8. The van der Waals surface area contributed by atoms with Crippen LogP contribution in [-0.4, -0.2) is 22.3 Å². The van der Waals surface area contributed by atoms with Gasteiger partial charge in [0.25, 0.3) is 0 Å². The van der Waals surface area contributed by atoms with Crippen molar-refractivity contribution in [3.05, 3.63) is 42.0 Å². The first kappa shape index (κ1) is 14.8. The summed E-state index contributed by atoms with van der Waals surface area (Å²) in [6.45, 7) is 6.62. The molecule has 1 aliphatic rings. The Kier molecular flexibility index (Phi) is 4.01. The Morgan fingerprint density at radius 1 is 1.32 bits per heavy atom. The van der Waals surface area contributed by atoms with E-state index in [0.717, 1.165) is 36.4 Å². The fourth-order valence-corrected chi connectivity index (χ4v) is 3.09. The summed E-state index contributed by atoms with van der Waals surface area (Å²) in [5.41, 5.74) is 1.97. The van der Waals surface area contributed by atoms with Crippen molar-refractivity contribution in [3.63, 3.8) is 0 Å². The third-order valence-electron chi connectivity index (χ3n) is 4.18. The number of nitrogens with zero attached hydrogens (tertiary/aromatic N) is 2. The summed E-state index contributed by atoms with van der Waals surface area (Å²) in [7, 11) is 0. The summed E-state index contributed by atoms with van der Waals surface area (Å²) >= 11 is 0. The highest BCUT2D eigenvalue weighted by Crippen LogP contribution is 2.37. The van der Waals surface area contributed by atoms with Gasteiger partial charge in [-0.25, -0.2) is 4.98 Å². The van der Waals surface area contributed by atoms with E-state index >= 15 is 0 Å². The number of oxazole rings is 1. The van der Waals surface area contributed by atoms with Crippen LogP contribution in [0.2, 0.25) is 0 Å². The van der Waals surface area contributed by atoms with E-state index in [9.17, 15) is 4.79 Å². The van der Waals surface area contributed by atoms with E-state index in [1.54, 1.807) is 6.92 Å². The Labute approximate surface area is 131 Å². The normalized spacial score (nSPS) is 18.2. The first-order valence-corrected chi connectivity index (χ1v) is 7.91. The molecule has 2 heterocycles. The van der Waals surface area contributed by atoms with Gasteiger partial charge in [0.05, 0.1) is 0 Å². The molecule has 22 heavy (non-hydrogen) atoms. The Hall–Kier alpha value is -2.10. The van der Waals surface area contributed by atoms with E-state index in [1.807, 2.05) is 35.2 Å². The van der Waals surface area contributed by atoms with Crippen LogP contribution in [0.4, 0.5) is 0 Å². The Morgan fingerprint density at radius 3 is 2.68 bits per heavy atom. The van der Waals surface area contributed by atoms with Gasteiger partial charge in [-0.05, 0) is 12.8 Å². The first-order valence-electron chi connectivity index (χ1n) is 7.91. The molecule has 1 fully saturated rings. The van der Waals surface area contributed by atoms with Crippen LogP contribution in [0.3, 0.4) is 0 Å². The summed E-state index contributed by atoms with van der Waals surface area (Å²) in [5, 5.41) is 0. The van der Waals surface area contributed by atoms with Crippen molar-refractivity contribution < 1.29 is 9.21 Å². The second kappa shape index (κ2) is 5.95. The molecule has 0 unspecified atom stereocenters. The van der Waals surface area contributed by atoms with Crippen LogP contribution in [-0.2, 0) is 4.79 Å². The fraction of sp³-hybridized carbons (Fsp3) is 0.444. The lowest BCUT2D eigenvalue weighted by Gasteiger charge is -2.20. The first-order chi connectivity index (χ1) is 10.6. The Morgan fingerprint density at radius 2 is 2.05 bits per heavy atom. The summed E-state index contributed by atoms with van der Waals surface area (Å²) in [5.74, 6) is 1.92. The van der Waals surface area contributed by atoms with Gasteiger partial charge >= 0.3 is 0 Å². The predicted octanol–water partition coefficient (Wildman–Crippen LogP) is 4.15. The van der Waals surface area contributed by atoms with Crippen LogP contribution < -0.4 is 0 Å². The third kappa shape index (κ3) is 2.65.